The largest absolute Gasteiger partial charge is 0.393 e. The molecule has 64 valence electrons. The number of aliphatic hydroxyl groups excluding tert-OH is 1. The third kappa shape index (κ3) is 0.752. The monoisotopic (exact) mass is 154 g/mol. The van der Waals surface area contributed by atoms with Gasteiger partial charge in [-0.05, 0) is 36.0 Å². The Balaban J connectivity index is 2.28. The van der Waals surface area contributed by atoms with Crippen molar-refractivity contribution in [3.63, 3.8) is 0 Å². The van der Waals surface area contributed by atoms with E-state index in [0.717, 1.165) is 12.3 Å². The van der Waals surface area contributed by atoms with Crippen molar-refractivity contribution < 1.29 is 5.11 Å². The van der Waals surface area contributed by atoms with Crippen LogP contribution in [0.25, 0.3) is 0 Å². The van der Waals surface area contributed by atoms with Gasteiger partial charge in [0, 0.05) is 0 Å². The highest BCUT2D eigenvalue weighted by atomic mass is 16.3. The molecule has 3 atom stereocenters. The fourth-order valence-electron chi connectivity index (χ4n) is 3.30. The van der Waals surface area contributed by atoms with Crippen LogP contribution < -0.4 is 0 Å². The molecular formula is C10H18O. The zero-order valence-corrected chi connectivity index (χ0v) is 7.72. The Labute approximate surface area is 68.8 Å². The van der Waals surface area contributed by atoms with Crippen LogP contribution in [0.3, 0.4) is 0 Å². The summed E-state index contributed by atoms with van der Waals surface area (Å²) in [7, 11) is 0. The molecule has 0 saturated heterocycles. The van der Waals surface area contributed by atoms with Crippen molar-refractivity contribution in [2.45, 2.75) is 46.1 Å². The van der Waals surface area contributed by atoms with Crippen LogP contribution in [0.15, 0.2) is 0 Å². The van der Waals surface area contributed by atoms with Gasteiger partial charge in [-0.25, -0.2) is 0 Å². The summed E-state index contributed by atoms with van der Waals surface area (Å²) in [6.45, 7) is 6.84. The van der Waals surface area contributed by atoms with E-state index in [1.54, 1.807) is 0 Å². The molecule has 2 aliphatic rings. The van der Waals surface area contributed by atoms with Gasteiger partial charge in [-0.15, -0.1) is 0 Å². The molecule has 1 N–H and O–H groups in total. The van der Waals surface area contributed by atoms with Crippen molar-refractivity contribution >= 4 is 0 Å². The summed E-state index contributed by atoms with van der Waals surface area (Å²) < 4.78 is 0. The first-order valence-electron chi connectivity index (χ1n) is 4.65. The second-order valence-electron chi connectivity index (χ2n) is 5.31. The molecule has 2 aliphatic carbocycles. The van der Waals surface area contributed by atoms with E-state index < -0.39 is 0 Å². The highest BCUT2D eigenvalue weighted by Crippen LogP contribution is 2.64. The molecule has 11 heavy (non-hydrogen) atoms. The Bertz CT molecular complexity index is 185. The van der Waals surface area contributed by atoms with Crippen molar-refractivity contribution in [1.29, 1.82) is 0 Å². The first-order valence-corrected chi connectivity index (χ1v) is 4.65. The standard InChI is InChI=1S/C10H18O/c1-9(2)6-8(11)10(3)5-4-7(9)10/h7-8,11H,4-6H2,1-3H3. The molecule has 3 unspecified atom stereocenters. The normalized spacial score (nSPS) is 53.5. The van der Waals surface area contributed by atoms with Crippen LogP contribution in [-0.4, -0.2) is 11.2 Å². The SMILES string of the molecule is CC1(C)CC(O)C2(C)CCC12. The summed E-state index contributed by atoms with van der Waals surface area (Å²) in [5, 5.41) is 9.81. The van der Waals surface area contributed by atoms with Crippen LogP contribution in [-0.2, 0) is 0 Å². The van der Waals surface area contributed by atoms with Gasteiger partial charge < -0.3 is 5.11 Å². The van der Waals surface area contributed by atoms with Gasteiger partial charge in [-0.3, -0.25) is 0 Å². The van der Waals surface area contributed by atoms with Crippen molar-refractivity contribution in [1.82, 2.24) is 0 Å². The fourth-order valence-corrected chi connectivity index (χ4v) is 3.30. The zero-order valence-electron chi connectivity index (χ0n) is 7.72. The molecule has 0 spiro atoms. The van der Waals surface area contributed by atoms with E-state index in [1.165, 1.54) is 12.8 Å². The highest BCUT2D eigenvalue weighted by Gasteiger charge is 2.60. The van der Waals surface area contributed by atoms with Crippen LogP contribution in [0.1, 0.15) is 40.0 Å². The van der Waals surface area contributed by atoms with Gasteiger partial charge in [0.15, 0.2) is 0 Å². The average molecular weight is 154 g/mol. The minimum absolute atomic E-state index is 0.0313. The van der Waals surface area contributed by atoms with Crippen LogP contribution in [0.4, 0.5) is 0 Å². The van der Waals surface area contributed by atoms with E-state index in [9.17, 15) is 5.11 Å². The Morgan fingerprint density at radius 1 is 1.27 bits per heavy atom. The molecule has 0 aromatic carbocycles. The summed E-state index contributed by atoms with van der Waals surface area (Å²) in [5.74, 6) is 0.782. The zero-order chi connectivity index (χ0) is 8.28. The quantitative estimate of drug-likeness (QED) is 0.567. The van der Waals surface area contributed by atoms with Gasteiger partial charge in [-0.1, -0.05) is 20.8 Å². The number of fused-ring (bicyclic) bond motifs is 1. The predicted molar refractivity (Wildman–Crippen MR) is 45.2 cm³/mol. The van der Waals surface area contributed by atoms with Crippen LogP contribution in [0.5, 0.6) is 0 Å². The minimum Gasteiger partial charge on any atom is -0.393 e. The second kappa shape index (κ2) is 1.82. The van der Waals surface area contributed by atoms with Gasteiger partial charge in [0.2, 0.25) is 0 Å². The average Bonchev–Trinajstić information content (AvgIpc) is 1.88. The lowest BCUT2D eigenvalue weighted by molar-refractivity contribution is -0.0410. The van der Waals surface area contributed by atoms with Crippen molar-refractivity contribution in [3.05, 3.63) is 0 Å². The van der Waals surface area contributed by atoms with E-state index in [1.807, 2.05) is 0 Å². The molecule has 0 aromatic rings. The fraction of sp³-hybridized carbons (Fsp3) is 1.00. The van der Waals surface area contributed by atoms with E-state index in [4.69, 9.17) is 0 Å². The molecule has 0 radical (unpaired) electrons. The Hall–Kier alpha value is -0.0400. The number of rotatable bonds is 0. The van der Waals surface area contributed by atoms with Crippen LogP contribution in [0.2, 0.25) is 0 Å². The molecule has 1 heteroatoms. The number of hydrogen-bond acceptors (Lipinski definition) is 1. The number of hydrogen-bond donors (Lipinski definition) is 1. The van der Waals surface area contributed by atoms with Crippen LogP contribution in [0, 0.1) is 16.7 Å². The summed E-state index contributed by atoms with van der Waals surface area (Å²) in [4.78, 5) is 0. The molecule has 2 rings (SSSR count). The summed E-state index contributed by atoms with van der Waals surface area (Å²) in [6, 6.07) is 0. The van der Waals surface area contributed by atoms with E-state index in [-0.39, 0.29) is 11.5 Å². The Morgan fingerprint density at radius 3 is 2.09 bits per heavy atom. The molecule has 0 aliphatic heterocycles. The maximum Gasteiger partial charge on any atom is 0.0601 e. The van der Waals surface area contributed by atoms with Gasteiger partial charge in [-0.2, -0.15) is 0 Å². The van der Waals surface area contributed by atoms with Gasteiger partial charge in [0.25, 0.3) is 0 Å². The summed E-state index contributed by atoms with van der Waals surface area (Å²) in [6.07, 6.45) is 3.55. The lowest BCUT2D eigenvalue weighted by Gasteiger charge is -2.48. The Morgan fingerprint density at radius 2 is 1.91 bits per heavy atom. The van der Waals surface area contributed by atoms with Crippen LogP contribution >= 0.6 is 0 Å². The third-order valence-corrected chi connectivity index (χ3v) is 4.19. The van der Waals surface area contributed by atoms with E-state index in [0.29, 0.717) is 5.41 Å². The summed E-state index contributed by atoms with van der Waals surface area (Å²) >= 11 is 0. The predicted octanol–water partition coefficient (Wildman–Crippen LogP) is 2.19. The lowest BCUT2D eigenvalue weighted by Crippen LogP contribution is -2.43. The molecule has 0 heterocycles. The second-order valence-corrected chi connectivity index (χ2v) is 5.31. The maximum atomic E-state index is 9.81. The molecule has 2 fully saturated rings. The van der Waals surface area contributed by atoms with E-state index >= 15 is 0 Å². The van der Waals surface area contributed by atoms with Crippen molar-refractivity contribution in [3.8, 4) is 0 Å². The minimum atomic E-state index is -0.0313. The smallest absolute Gasteiger partial charge is 0.0601 e. The highest BCUT2D eigenvalue weighted by molar-refractivity contribution is 5.09. The third-order valence-electron chi connectivity index (χ3n) is 4.19. The van der Waals surface area contributed by atoms with E-state index in [2.05, 4.69) is 20.8 Å². The van der Waals surface area contributed by atoms with Gasteiger partial charge >= 0.3 is 0 Å². The maximum absolute atomic E-state index is 9.81. The molecule has 0 amide bonds. The molecule has 2 saturated carbocycles. The molecular weight excluding hydrogens is 136 g/mol. The first-order chi connectivity index (χ1) is 4.97. The topological polar surface area (TPSA) is 20.2 Å². The summed E-state index contributed by atoms with van der Waals surface area (Å²) in [5.41, 5.74) is 0.677. The first kappa shape index (κ1) is 7.60. The molecule has 1 nitrogen and oxygen atoms in total. The molecule has 0 aromatic heterocycles. The lowest BCUT2D eigenvalue weighted by atomic mass is 9.57. The van der Waals surface area contributed by atoms with Gasteiger partial charge in [0.1, 0.15) is 0 Å². The Kier molecular flexibility index (Phi) is 1.26. The number of aliphatic hydroxyl groups is 1. The van der Waals surface area contributed by atoms with Crippen molar-refractivity contribution in [2.24, 2.45) is 16.7 Å². The van der Waals surface area contributed by atoms with Gasteiger partial charge in [0.05, 0.1) is 6.10 Å². The van der Waals surface area contributed by atoms with Crippen molar-refractivity contribution in [2.75, 3.05) is 0 Å². The molecule has 0 bridgehead atoms.